The summed E-state index contributed by atoms with van der Waals surface area (Å²) in [6.07, 6.45) is 0. The Morgan fingerprint density at radius 2 is 2.06 bits per heavy atom. The number of nitro benzene ring substituents is 1. The maximum Gasteiger partial charge on any atom is 0.285 e. The van der Waals surface area contributed by atoms with Gasteiger partial charge in [0.2, 0.25) is 0 Å². The molecule has 0 radical (unpaired) electrons. The summed E-state index contributed by atoms with van der Waals surface area (Å²) in [4.78, 5) is 21.2. The maximum absolute atomic E-state index is 13.0. The van der Waals surface area contributed by atoms with Crippen molar-refractivity contribution in [3.63, 3.8) is 0 Å². The lowest BCUT2D eigenvalue weighted by atomic mass is 10.1. The largest absolute Gasteiger partial charge is 0.383 e. The summed E-state index contributed by atoms with van der Waals surface area (Å²) in [5, 5.41) is 12.9. The molecule has 0 atom stereocenters. The highest BCUT2D eigenvalue weighted by atomic mass is 19.2. The second kappa shape index (κ2) is 6.01. The Balaban J connectivity index is 3.02. The van der Waals surface area contributed by atoms with Gasteiger partial charge in [0, 0.05) is 13.7 Å². The summed E-state index contributed by atoms with van der Waals surface area (Å²) < 4.78 is 30.5. The Kier molecular flexibility index (Phi) is 4.67. The van der Waals surface area contributed by atoms with Crippen LogP contribution in [0.25, 0.3) is 0 Å². The van der Waals surface area contributed by atoms with E-state index in [-0.39, 0.29) is 13.2 Å². The normalized spacial score (nSPS) is 10.2. The molecule has 0 aliphatic heterocycles. The van der Waals surface area contributed by atoms with Crippen molar-refractivity contribution in [2.45, 2.75) is 0 Å². The molecule has 0 aromatic heterocycles. The summed E-state index contributed by atoms with van der Waals surface area (Å²) >= 11 is 0. The van der Waals surface area contributed by atoms with Crippen LogP contribution in [-0.4, -0.2) is 31.1 Å². The molecule has 0 bridgehead atoms. The SMILES string of the molecule is COCCNC(=O)c1cc(F)c(F)cc1[N+](=O)[O-]. The van der Waals surface area contributed by atoms with Gasteiger partial charge in [0.25, 0.3) is 11.6 Å². The van der Waals surface area contributed by atoms with Gasteiger partial charge in [-0.15, -0.1) is 0 Å². The van der Waals surface area contributed by atoms with Gasteiger partial charge in [0.05, 0.1) is 17.6 Å². The average Bonchev–Trinajstić information content (AvgIpc) is 2.32. The summed E-state index contributed by atoms with van der Waals surface area (Å²) in [6.45, 7) is 0.300. The van der Waals surface area contributed by atoms with Gasteiger partial charge in [-0.3, -0.25) is 14.9 Å². The molecule has 0 unspecified atom stereocenters. The molecular formula is C10H10F2N2O4. The molecule has 1 N–H and O–H groups in total. The zero-order chi connectivity index (χ0) is 13.7. The molecule has 8 heteroatoms. The lowest BCUT2D eigenvalue weighted by molar-refractivity contribution is -0.385. The van der Waals surface area contributed by atoms with Crippen molar-refractivity contribution < 1.29 is 23.2 Å². The molecule has 0 saturated heterocycles. The quantitative estimate of drug-likeness (QED) is 0.490. The predicted octanol–water partition coefficient (Wildman–Crippen LogP) is 1.25. The van der Waals surface area contributed by atoms with Crippen LogP contribution < -0.4 is 5.32 Å². The van der Waals surface area contributed by atoms with Gasteiger partial charge in [-0.25, -0.2) is 8.78 Å². The van der Waals surface area contributed by atoms with Gasteiger partial charge < -0.3 is 10.1 Å². The van der Waals surface area contributed by atoms with Crippen LogP contribution in [-0.2, 0) is 4.74 Å². The summed E-state index contributed by atoms with van der Waals surface area (Å²) in [6, 6.07) is 0.871. The van der Waals surface area contributed by atoms with E-state index in [0.29, 0.717) is 12.1 Å². The molecule has 0 fully saturated rings. The molecule has 0 aliphatic carbocycles. The van der Waals surface area contributed by atoms with Crippen LogP contribution >= 0.6 is 0 Å². The number of amides is 1. The Morgan fingerprint density at radius 1 is 1.44 bits per heavy atom. The minimum atomic E-state index is -1.38. The van der Waals surface area contributed by atoms with Gasteiger partial charge in [-0.2, -0.15) is 0 Å². The highest BCUT2D eigenvalue weighted by Gasteiger charge is 2.23. The van der Waals surface area contributed by atoms with E-state index in [1.165, 1.54) is 7.11 Å². The fraction of sp³-hybridized carbons (Fsp3) is 0.300. The van der Waals surface area contributed by atoms with Crippen LogP contribution in [0.1, 0.15) is 10.4 Å². The molecule has 0 saturated carbocycles. The number of rotatable bonds is 5. The van der Waals surface area contributed by atoms with Crippen molar-refractivity contribution in [2.24, 2.45) is 0 Å². The first kappa shape index (κ1) is 14.0. The van der Waals surface area contributed by atoms with Crippen LogP contribution in [0.2, 0.25) is 0 Å². The Hall–Kier alpha value is -2.09. The van der Waals surface area contributed by atoms with Crippen LogP contribution in [0.15, 0.2) is 12.1 Å². The Labute approximate surface area is 101 Å². The number of ether oxygens (including phenoxy) is 1. The number of nitro groups is 1. The number of nitrogens with one attached hydrogen (secondary N) is 1. The number of carbonyl (C=O) groups excluding carboxylic acids is 1. The fourth-order valence-electron chi connectivity index (χ4n) is 1.23. The number of hydrogen-bond donors (Lipinski definition) is 1. The van der Waals surface area contributed by atoms with Crippen molar-refractivity contribution in [1.29, 1.82) is 0 Å². The monoisotopic (exact) mass is 260 g/mol. The van der Waals surface area contributed by atoms with Gasteiger partial charge in [0.1, 0.15) is 5.56 Å². The first-order chi connectivity index (χ1) is 8.47. The van der Waals surface area contributed by atoms with Gasteiger partial charge in [-0.1, -0.05) is 0 Å². The molecule has 0 aliphatic rings. The van der Waals surface area contributed by atoms with Crippen molar-refractivity contribution in [2.75, 3.05) is 20.3 Å². The third kappa shape index (κ3) is 3.20. The third-order valence-corrected chi connectivity index (χ3v) is 2.07. The second-order valence-corrected chi connectivity index (χ2v) is 3.29. The smallest absolute Gasteiger partial charge is 0.285 e. The summed E-state index contributed by atoms with van der Waals surface area (Å²) in [5.41, 5.74) is -1.32. The van der Waals surface area contributed by atoms with Crippen LogP contribution in [0.3, 0.4) is 0 Å². The van der Waals surface area contributed by atoms with Gasteiger partial charge in [-0.05, 0) is 6.07 Å². The molecule has 1 amide bonds. The molecule has 1 rings (SSSR count). The maximum atomic E-state index is 13.0. The Morgan fingerprint density at radius 3 is 2.61 bits per heavy atom. The van der Waals surface area contributed by atoms with E-state index in [1.807, 2.05) is 0 Å². The minimum absolute atomic E-state index is 0.103. The molecular weight excluding hydrogens is 250 g/mol. The lowest BCUT2D eigenvalue weighted by Gasteiger charge is -2.05. The number of carbonyl (C=O) groups is 1. The Bertz CT molecular complexity index is 479. The van der Waals surface area contributed by atoms with Crippen molar-refractivity contribution >= 4 is 11.6 Å². The molecule has 0 heterocycles. The first-order valence-electron chi connectivity index (χ1n) is 4.88. The van der Waals surface area contributed by atoms with E-state index >= 15 is 0 Å². The van der Waals surface area contributed by atoms with Gasteiger partial charge in [0.15, 0.2) is 11.6 Å². The van der Waals surface area contributed by atoms with Crippen molar-refractivity contribution in [3.05, 3.63) is 39.4 Å². The van der Waals surface area contributed by atoms with Crippen molar-refractivity contribution in [1.82, 2.24) is 5.32 Å². The zero-order valence-electron chi connectivity index (χ0n) is 9.41. The van der Waals surface area contributed by atoms with Crippen LogP contribution in [0, 0.1) is 21.7 Å². The van der Waals surface area contributed by atoms with Crippen LogP contribution in [0.4, 0.5) is 14.5 Å². The standard InChI is InChI=1S/C10H10F2N2O4/c1-18-3-2-13-10(15)6-4-7(11)8(12)5-9(6)14(16)17/h4-5H,2-3H2,1H3,(H,13,15). The van der Waals surface area contributed by atoms with E-state index < -0.39 is 33.7 Å². The molecule has 1 aromatic rings. The second-order valence-electron chi connectivity index (χ2n) is 3.29. The molecule has 98 valence electrons. The lowest BCUT2D eigenvalue weighted by Crippen LogP contribution is -2.27. The van der Waals surface area contributed by atoms with E-state index in [4.69, 9.17) is 0 Å². The average molecular weight is 260 g/mol. The summed E-state index contributed by atoms with van der Waals surface area (Å²) in [7, 11) is 1.41. The molecule has 6 nitrogen and oxygen atoms in total. The number of hydrogen-bond acceptors (Lipinski definition) is 4. The predicted molar refractivity (Wildman–Crippen MR) is 57.2 cm³/mol. The molecule has 18 heavy (non-hydrogen) atoms. The fourth-order valence-corrected chi connectivity index (χ4v) is 1.23. The first-order valence-corrected chi connectivity index (χ1v) is 4.88. The topological polar surface area (TPSA) is 81.5 Å². The van der Waals surface area contributed by atoms with E-state index in [9.17, 15) is 23.7 Å². The number of methoxy groups -OCH3 is 1. The third-order valence-electron chi connectivity index (χ3n) is 2.07. The highest BCUT2D eigenvalue weighted by Crippen LogP contribution is 2.22. The number of halogens is 2. The summed E-state index contributed by atoms with van der Waals surface area (Å²) in [5.74, 6) is -3.56. The molecule has 1 aromatic carbocycles. The zero-order valence-corrected chi connectivity index (χ0v) is 9.41. The number of benzene rings is 1. The highest BCUT2D eigenvalue weighted by molar-refractivity contribution is 5.98. The minimum Gasteiger partial charge on any atom is -0.383 e. The molecule has 0 spiro atoms. The van der Waals surface area contributed by atoms with E-state index in [2.05, 4.69) is 10.1 Å². The van der Waals surface area contributed by atoms with Crippen molar-refractivity contribution in [3.8, 4) is 0 Å². The van der Waals surface area contributed by atoms with Gasteiger partial charge >= 0.3 is 0 Å². The van der Waals surface area contributed by atoms with E-state index in [1.54, 1.807) is 0 Å². The van der Waals surface area contributed by atoms with E-state index in [0.717, 1.165) is 0 Å². The number of nitrogens with zero attached hydrogens (tertiary/aromatic N) is 1. The van der Waals surface area contributed by atoms with Crippen LogP contribution in [0.5, 0.6) is 0 Å².